The Balaban J connectivity index is 1.27. The topological polar surface area (TPSA) is 128 Å². The van der Waals surface area contributed by atoms with Gasteiger partial charge in [0, 0.05) is 23.2 Å². The number of nitro groups is 1. The number of thioether (sulfide) groups is 1. The van der Waals surface area contributed by atoms with Crippen LogP contribution in [0, 0.1) is 10.1 Å². The number of hydrogen-bond acceptors (Lipinski definition) is 8. The van der Waals surface area contributed by atoms with E-state index < -0.39 is 28.5 Å². The van der Waals surface area contributed by atoms with Crippen LogP contribution in [-0.4, -0.2) is 40.0 Å². The Labute approximate surface area is 245 Å². The second-order valence-corrected chi connectivity index (χ2v) is 10.2. The minimum atomic E-state index is -0.568. The molecule has 0 unspecified atom stereocenters. The van der Waals surface area contributed by atoms with E-state index in [-0.39, 0.29) is 17.2 Å². The average molecular weight is 584 g/mol. The fraction of sp³-hybridized carbons (Fsp3) is 0.129. The van der Waals surface area contributed by atoms with Crippen molar-refractivity contribution in [2.24, 2.45) is 0 Å². The molecule has 1 heterocycles. The first-order valence-electron chi connectivity index (χ1n) is 13.0. The number of fused-ring (bicyclic) bond motifs is 1. The number of ether oxygens (including phenoxy) is 2. The van der Waals surface area contributed by atoms with Gasteiger partial charge in [-0.25, -0.2) is 0 Å². The normalized spacial score (nSPS) is 13.9. The molecule has 4 aromatic rings. The lowest BCUT2D eigenvalue weighted by molar-refractivity contribution is -0.384. The smallest absolute Gasteiger partial charge is 0.294 e. The molecule has 0 atom stereocenters. The monoisotopic (exact) mass is 583 g/mol. The van der Waals surface area contributed by atoms with Gasteiger partial charge < -0.3 is 14.8 Å². The lowest BCUT2D eigenvalue weighted by Gasteiger charge is -2.14. The fourth-order valence-corrected chi connectivity index (χ4v) is 5.22. The Morgan fingerprint density at radius 1 is 0.976 bits per heavy atom. The Morgan fingerprint density at radius 3 is 2.57 bits per heavy atom. The zero-order chi connectivity index (χ0) is 29.6. The molecule has 0 saturated carbocycles. The van der Waals surface area contributed by atoms with Crippen molar-refractivity contribution >= 4 is 57.0 Å². The molecule has 1 saturated heterocycles. The number of anilines is 1. The third-order valence-corrected chi connectivity index (χ3v) is 7.23. The van der Waals surface area contributed by atoms with E-state index in [2.05, 4.69) is 5.32 Å². The first kappa shape index (κ1) is 28.4. The van der Waals surface area contributed by atoms with E-state index in [1.807, 2.05) is 43.3 Å². The number of imide groups is 1. The number of nitro benzene ring substituents is 1. The number of carbonyl (C=O) groups excluding carboxylic acids is 3. The van der Waals surface area contributed by atoms with E-state index in [0.717, 1.165) is 27.4 Å². The molecule has 1 aliphatic heterocycles. The second kappa shape index (κ2) is 12.6. The molecule has 3 amide bonds. The van der Waals surface area contributed by atoms with Gasteiger partial charge in [-0.2, -0.15) is 0 Å². The van der Waals surface area contributed by atoms with Gasteiger partial charge in [0.1, 0.15) is 13.2 Å². The minimum absolute atomic E-state index is 0.0310. The van der Waals surface area contributed by atoms with Crippen molar-refractivity contribution < 1.29 is 28.8 Å². The van der Waals surface area contributed by atoms with Gasteiger partial charge in [-0.05, 0) is 59.5 Å². The van der Waals surface area contributed by atoms with Crippen LogP contribution in [0.25, 0.3) is 16.8 Å². The summed E-state index contributed by atoms with van der Waals surface area (Å²) in [5.41, 5.74) is 1.77. The number of carbonyl (C=O) groups is 3. The third kappa shape index (κ3) is 6.42. The van der Waals surface area contributed by atoms with Crippen LogP contribution in [0.5, 0.6) is 11.5 Å². The number of amides is 3. The van der Waals surface area contributed by atoms with Crippen LogP contribution >= 0.6 is 11.8 Å². The predicted octanol–water partition coefficient (Wildman–Crippen LogP) is 6.40. The Hall–Kier alpha value is -5.16. The molecule has 1 N–H and O–H groups in total. The van der Waals surface area contributed by atoms with Gasteiger partial charge >= 0.3 is 0 Å². The van der Waals surface area contributed by atoms with Crippen LogP contribution in [0.2, 0.25) is 0 Å². The molecule has 0 bridgehead atoms. The summed E-state index contributed by atoms with van der Waals surface area (Å²) in [6, 6.07) is 24.3. The second-order valence-electron chi connectivity index (χ2n) is 9.20. The fourth-order valence-electron chi connectivity index (χ4n) is 4.38. The molecule has 4 aromatic carbocycles. The molecule has 0 aromatic heterocycles. The van der Waals surface area contributed by atoms with Crippen LogP contribution < -0.4 is 14.8 Å². The van der Waals surface area contributed by atoms with Gasteiger partial charge in [-0.1, -0.05) is 54.6 Å². The van der Waals surface area contributed by atoms with E-state index >= 15 is 0 Å². The molecule has 5 rings (SSSR count). The van der Waals surface area contributed by atoms with Crippen molar-refractivity contribution in [1.82, 2.24) is 4.90 Å². The van der Waals surface area contributed by atoms with E-state index in [1.54, 1.807) is 42.5 Å². The summed E-state index contributed by atoms with van der Waals surface area (Å²) >= 11 is 0.754. The molecule has 0 radical (unpaired) electrons. The average Bonchev–Trinajstić information content (AvgIpc) is 3.24. The molecule has 11 heteroatoms. The molecular formula is C31H25N3O7S. The number of rotatable bonds is 10. The SMILES string of the molecule is CCOc1cc(/C=C2/SC(=O)N(CC(=O)Nc3cccc4ccccc34)C2=O)ccc1OCc1cccc([N+](=O)[O-])c1. The van der Waals surface area contributed by atoms with Crippen LogP contribution in [0.3, 0.4) is 0 Å². The number of nitrogens with zero attached hydrogens (tertiary/aromatic N) is 2. The van der Waals surface area contributed by atoms with Crippen molar-refractivity contribution in [2.75, 3.05) is 18.5 Å². The summed E-state index contributed by atoms with van der Waals surface area (Å²) in [6.45, 7) is 1.82. The quantitative estimate of drug-likeness (QED) is 0.129. The zero-order valence-electron chi connectivity index (χ0n) is 22.4. The zero-order valence-corrected chi connectivity index (χ0v) is 23.3. The largest absolute Gasteiger partial charge is 0.490 e. The van der Waals surface area contributed by atoms with Crippen molar-refractivity contribution in [3.05, 3.63) is 111 Å². The van der Waals surface area contributed by atoms with Gasteiger partial charge in [0.2, 0.25) is 5.91 Å². The van der Waals surface area contributed by atoms with Crippen LogP contribution in [0.15, 0.2) is 89.8 Å². The van der Waals surface area contributed by atoms with Crippen LogP contribution in [0.1, 0.15) is 18.1 Å². The lowest BCUT2D eigenvalue weighted by atomic mass is 10.1. The predicted molar refractivity (Wildman–Crippen MR) is 160 cm³/mol. The number of benzene rings is 4. The Morgan fingerprint density at radius 2 is 1.76 bits per heavy atom. The highest BCUT2D eigenvalue weighted by molar-refractivity contribution is 8.18. The maximum Gasteiger partial charge on any atom is 0.294 e. The molecular weight excluding hydrogens is 558 g/mol. The third-order valence-electron chi connectivity index (χ3n) is 6.32. The van der Waals surface area contributed by atoms with E-state index in [1.165, 1.54) is 12.1 Å². The number of hydrogen-bond donors (Lipinski definition) is 1. The molecule has 10 nitrogen and oxygen atoms in total. The van der Waals surface area contributed by atoms with E-state index in [0.29, 0.717) is 34.9 Å². The number of nitrogens with one attached hydrogen (secondary N) is 1. The van der Waals surface area contributed by atoms with Gasteiger partial charge in [0.15, 0.2) is 11.5 Å². The molecule has 42 heavy (non-hydrogen) atoms. The lowest BCUT2D eigenvalue weighted by Crippen LogP contribution is -2.36. The first-order valence-corrected chi connectivity index (χ1v) is 13.8. The maximum absolute atomic E-state index is 13.1. The molecule has 0 aliphatic carbocycles. The highest BCUT2D eigenvalue weighted by Gasteiger charge is 2.36. The molecule has 0 spiro atoms. The molecule has 212 valence electrons. The van der Waals surface area contributed by atoms with Crippen molar-refractivity contribution in [3.8, 4) is 11.5 Å². The van der Waals surface area contributed by atoms with Gasteiger partial charge in [0.25, 0.3) is 16.8 Å². The highest BCUT2D eigenvalue weighted by atomic mass is 32.2. The van der Waals surface area contributed by atoms with Gasteiger partial charge in [0.05, 0.1) is 16.4 Å². The van der Waals surface area contributed by atoms with Crippen molar-refractivity contribution in [1.29, 1.82) is 0 Å². The van der Waals surface area contributed by atoms with Crippen molar-refractivity contribution in [3.63, 3.8) is 0 Å². The van der Waals surface area contributed by atoms with Crippen LogP contribution in [0.4, 0.5) is 16.2 Å². The van der Waals surface area contributed by atoms with E-state index in [9.17, 15) is 24.5 Å². The summed E-state index contributed by atoms with van der Waals surface area (Å²) in [4.78, 5) is 50.2. The summed E-state index contributed by atoms with van der Waals surface area (Å²) < 4.78 is 11.6. The number of non-ortho nitro benzene ring substituents is 1. The summed E-state index contributed by atoms with van der Waals surface area (Å²) in [5.74, 6) is -0.232. The Bertz CT molecular complexity index is 1730. The molecule has 1 aliphatic rings. The van der Waals surface area contributed by atoms with Gasteiger partial charge in [-0.3, -0.25) is 29.4 Å². The molecule has 1 fully saturated rings. The standard InChI is InChI=1S/C31H25N3O7S/c1-2-40-27-16-20(13-14-26(27)41-19-21-7-5-10-23(15-21)34(38)39)17-28-30(36)33(31(37)42-28)18-29(35)32-25-12-6-9-22-8-3-4-11-24(22)25/h3-17H,2,18-19H2,1H3,(H,32,35)/b28-17+. The minimum Gasteiger partial charge on any atom is -0.490 e. The maximum atomic E-state index is 13.1. The van der Waals surface area contributed by atoms with E-state index in [4.69, 9.17) is 9.47 Å². The summed E-state index contributed by atoms with van der Waals surface area (Å²) in [6.07, 6.45) is 1.56. The first-order chi connectivity index (χ1) is 20.3. The summed E-state index contributed by atoms with van der Waals surface area (Å²) in [5, 5.41) is 15.1. The highest BCUT2D eigenvalue weighted by Crippen LogP contribution is 2.35. The van der Waals surface area contributed by atoms with Crippen molar-refractivity contribution in [2.45, 2.75) is 13.5 Å². The summed E-state index contributed by atoms with van der Waals surface area (Å²) in [7, 11) is 0. The van der Waals surface area contributed by atoms with Crippen LogP contribution in [-0.2, 0) is 16.2 Å². The van der Waals surface area contributed by atoms with Gasteiger partial charge in [-0.15, -0.1) is 0 Å². The Kier molecular flexibility index (Phi) is 8.49.